The van der Waals surface area contributed by atoms with E-state index in [4.69, 9.17) is 5.73 Å². The second-order valence-corrected chi connectivity index (χ2v) is 7.52. The third-order valence-corrected chi connectivity index (χ3v) is 4.74. The van der Waals surface area contributed by atoms with Crippen LogP contribution in [0.4, 0.5) is 11.4 Å². The smallest absolute Gasteiger partial charge is 0.302 e. The van der Waals surface area contributed by atoms with Gasteiger partial charge in [0, 0.05) is 17.8 Å². The minimum Gasteiger partial charge on any atom is -0.399 e. The topological polar surface area (TPSA) is 75.4 Å². The van der Waals surface area contributed by atoms with Crippen molar-refractivity contribution < 1.29 is 8.42 Å². The van der Waals surface area contributed by atoms with Crippen LogP contribution in [0, 0.1) is 0 Å². The highest BCUT2D eigenvalue weighted by Gasteiger charge is 2.30. The Hall–Kier alpha value is -1.27. The van der Waals surface area contributed by atoms with Crippen molar-refractivity contribution in [3.63, 3.8) is 0 Å². The minimum atomic E-state index is -3.54. The summed E-state index contributed by atoms with van der Waals surface area (Å²) in [5.41, 5.74) is 7.57. The van der Waals surface area contributed by atoms with Crippen molar-refractivity contribution in [3.8, 4) is 0 Å². The van der Waals surface area contributed by atoms with Crippen LogP contribution < -0.4 is 14.8 Å². The number of nitrogen functional groups attached to an aromatic ring is 1. The zero-order valence-corrected chi connectivity index (χ0v) is 12.4. The quantitative estimate of drug-likeness (QED) is 0.810. The molecule has 1 heterocycles. The van der Waals surface area contributed by atoms with Gasteiger partial charge in [-0.15, -0.1) is 0 Å². The SMILES string of the molecule is CC(C)(C)NS(=O)(=O)N1CCCc2ccc(N)cc21. The normalized spacial score (nSPS) is 16.3. The number of rotatable bonds is 2. The molecule has 0 aliphatic carbocycles. The van der Waals surface area contributed by atoms with Gasteiger partial charge >= 0.3 is 10.2 Å². The highest BCUT2D eigenvalue weighted by molar-refractivity contribution is 7.90. The van der Waals surface area contributed by atoms with Gasteiger partial charge in [-0.1, -0.05) is 6.07 Å². The lowest BCUT2D eigenvalue weighted by molar-refractivity contribution is 0.487. The summed E-state index contributed by atoms with van der Waals surface area (Å²) in [7, 11) is -3.54. The highest BCUT2D eigenvalue weighted by atomic mass is 32.2. The second kappa shape index (κ2) is 4.68. The van der Waals surface area contributed by atoms with E-state index in [9.17, 15) is 8.42 Å². The number of nitrogens with one attached hydrogen (secondary N) is 1. The maximum absolute atomic E-state index is 12.4. The summed E-state index contributed by atoms with van der Waals surface area (Å²) in [4.78, 5) is 0. The molecule has 106 valence electrons. The van der Waals surface area contributed by atoms with E-state index in [-0.39, 0.29) is 0 Å². The van der Waals surface area contributed by atoms with Crippen LogP contribution in [0.3, 0.4) is 0 Å². The Morgan fingerprint density at radius 3 is 2.63 bits per heavy atom. The Morgan fingerprint density at radius 1 is 1.32 bits per heavy atom. The van der Waals surface area contributed by atoms with Crippen molar-refractivity contribution in [2.45, 2.75) is 39.2 Å². The molecule has 1 aromatic carbocycles. The summed E-state index contributed by atoms with van der Waals surface area (Å²) >= 11 is 0. The van der Waals surface area contributed by atoms with Gasteiger partial charge in [0.25, 0.3) is 0 Å². The van der Waals surface area contributed by atoms with E-state index in [2.05, 4.69) is 4.72 Å². The molecule has 0 atom stereocenters. The lowest BCUT2D eigenvalue weighted by Gasteiger charge is -2.33. The van der Waals surface area contributed by atoms with E-state index in [1.54, 1.807) is 6.07 Å². The first-order chi connectivity index (χ1) is 8.69. The molecule has 0 amide bonds. The summed E-state index contributed by atoms with van der Waals surface area (Å²) in [6.07, 6.45) is 1.71. The lowest BCUT2D eigenvalue weighted by Crippen LogP contribution is -2.50. The van der Waals surface area contributed by atoms with Crippen molar-refractivity contribution in [2.24, 2.45) is 0 Å². The van der Waals surface area contributed by atoms with Gasteiger partial charge in [-0.2, -0.15) is 13.1 Å². The fourth-order valence-corrected chi connectivity index (χ4v) is 3.93. The second-order valence-electron chi connectivity index (χ2n) is 5.92. The third kappa shape index (κ3) is 3.19. The fourth-order valence-electron chi connectivity index (χ4n) is 2.25. The predicted molar refractivity (Wildman–Crippen MR) is 78.3 cm³/mol. The van der Waals surface area contributed by atoms with Crippen LogP contribution in [0.15, 0.2) is 18.2 Å². The third-order valence-electron chi connectivity index (χ3n) is 2.91. The van der Waals surface area contributed by atoms with Crippen molar-refractivity contribution in [3.05, 3.63) is 23.8 Å². The fraction of sp³-hybridized carbons (Fsp3) is 0.538. The molecule has 3 N–H and O–H groups in total. The number of hydrogen-bond donors (Lipinski definition) is 2. The maximum atomic E-state index is 12.4. The molecule has 0 aromatic heterocycles. The number of benzene rings is 1. The summed E-state index contributed by atoms with van der Waals surface area (Å²) < 4.78 is 29.0. The van der Waals surface area contributed by atoms with Crippen LogP contribution in [0.2, 0.25) is 0 Å². The first-order valence-corrected chi connectivity index (χ1v) is 7.83. The molecule has 19 heavy (non-hydrogen) atoms. The van der Waals surface area contributed by atoms with Crippen LogP contribution in [0.1, 0.15) is 32.8 Å². The van der Waals surface area contributed by atoms with Gasteiger partial charge < -0.3 is 5.73 Å². The Balaban J connectivity index is 2.41. The van der Waals surface area contributed by atoms with Crippen LogP contribution >= 0.6 is 0 Å². The molecule has 6 heteroatoms. The Kier molecular flexibility index (Phi) is 3.49. The molecule has 0 spiro atoms. The van der Waals surface area contributed by atoms with Gasteiger partial charge in [0.15, 0.2) is 0 Å². The first-order valence-electron chi connectivity index (χ1n) is 6.39. The van der Waals surface area contributed by atoms with E-state index >= 15 is 0 Å². The zero-order chi connectivity index (χ0) is 14.3. The van der Waals surface area contributed by atoms with Crippen LogP contribution in [0.5, 0.6) is 0 Å². The van der Waals surface area contributed by atoms with Gasteiger partial charge in [0.05, 0.1) is 5.69 Å². The molecule has 0 bridgehead atoms. The number of aryl methyl sites for hydroxylation is 1. The van der Waals surface area contributed by atoms with E-state index < -0.39 is 15.7 Å². The number of anilines is 2. The summed E-state index contributed by atoms with van der Waals surface area (Å²) in [6.45, 7) is 5.97. The Bertz CT molecular complexity index is 576. The Morgan fingerprint density at radius 2 is 2.00 bits per heavy atom. The van der Waals surface area contributed by atoms with Crippen molar-refractivity contribution in [1.82, 2.24) is 4.72 Å². The van der Waals surface area contributed by atoms with Crippen LogP contribution in [-0.4, -0.2) is 20.5 Å². The molecule has 0 fully saturated rings. The number of nitrogens with two attached hydrogens (primary N) is 1. The first kappa shape index (κ1) is 14.1. The van der Waals surface area contributed by atoms with Crippen LogP contribution in [-0.2, 0) is 16.6 Å². The van der Waals surface area contributed by atoms with Crippen molar-refractivity contribution in [1.29, 1.82) is 0 Å². The highest BCUT2D eigenvalue weighted by Crippen LogP contribution is 2.31. The molecule has 0 unspecified atom stereocenters. The van der Waals surface area contributed by atoms with Gasteiger partial charge in [-0.25, -0.2) is 0 Å². The molecule has 1 aromatic rings. The van der Waals surface area contributed by atoms with Gasteiger partial charge in [-0.3, -0.25) is 4.31 Å². The van der Waals surface area contributed by atoms with Crippen molar-refractivity contribution >= 4 is 21.6 Å². The molecular formula is C13H21N3O2S. The van der Waals surface area contributed by atoms with E-state index in [1.165, 1.54) is 4.31 Å². The largest absolute Gasteiger partial charge is 0.399 e. The van der Waals surface area contributed by atoms with E-state index in [1.807, 2.05) is 32.9 Å². The molecule has 1 aliphatic rings. The van der Waals surface area contributed by atoms with E-state index in [0.29, 0.717) is 17.9 Å². The lowest BCUT2D eigenvalue weighted by atomic mass is 10.0. The average Bonchev–Trinajstić information content (AvgIpc) is 2.24. The molecule has 1 aliphatic heterocycles. The summed E-state index contributed by atoms with van der Waals surface area (Å²) in [5, 5.41) is 0. The zero-order valence-electron chi connectivity index (χ0n) is 11.6. The van der Waals surface area contributed by atoms with Crippen LogP contribution in [0.25, 0.3) is 0 Å². The van der Waals surface area contributed by atoms with Crippen molar-refractivity contribution in [2.75, 3.05) is 16.6 Å². The molecule has 0 radical (unpaired) electrons. The van der Waals surface area contributed by atoms with E-state index in [0.717, 1.165) is 18.4 Å². The predicted octanol–water partition coefficient (Wildman–Crippen LogP) is 1.65. The molecular weight excluding hydrogens is 262 g/mol. The number of fused-ring (bicyclic) bond motifs is 1. The van der Waals surface area contributed by atoms with Gasteiger partial charge in [0.1, 0.15) is 0 Å². The summed E-state index contributed by atoms with van der Waals surface area (Å²) in [5.74, 6) is 0. The average molecular weight is 283 g/mol. The number of nitrogens with zero attached hydrogens (tertiary/aromatic N) is 1. The Labute approximate surface area is 115 Å². The molecule has 5 nitrogen and oxygen atoms in total. The molecule has 0 saturated heterocycles. The monoisotopic (exact) mass is 283 g/mol. The minimum absolute atomic E-state index is 0.488. The molecule has 0 saturated carbocycles. The summed E-state index contributed by atoms with van der Waals surface area (Å²) in [6, 6.07) is 5.45. The standard InChI is InChI=1S/C13H21N3O2S/c1-13(2,3)15-19(17,18)16-8-4-5-10-6-7-11(14)9-12(10)16/h6-7,9,15H,4-5,8,14H2,1-3H3. The van der Waals surface area contributed by atoms with Gasteiger partial charge in [0.2, 0.25) is 0 Å². The maximum Gasteiger partial charge on any atom is 0.302 e. The van der Waals surface area contributed by atoms with Gasteiger partial charge in [-0.05, 0) is 51.3 Å². The molecule has 2 rings (SSSR count). The number of hydrogen-bond acceptors (Lipinski definition) is 3.